The van der Waals surface area contributed by atoms with Crippen molar-refractivity contribution < 1.29 is 4.79 Å². The van der Waals surface area contributed by atoms with Crippen molar-refractivity contribution in [1.82, 2.24) is 4.98 Å². The van der Waals surface area contributed by atoms with E-state index in [2.05, 4.69) is 24.0 Å². The fourth-order valence-corrected chi connectivity index (χ4v) is 1.79. The largest absolute Gasteiger partial charge is 0.361 e. The molecule has 1 N–H and O–H groups in total. The predicted octanol–water partition coefficient (Wildman–Crippen LogP) is 2.86. The minimum Gasteiger partial charge on any atom is -0.361 e. The van der Waals surface area contributed by atoms with Crippen LogP contribution in [0.5, 0.6) is 0 Å². The zero-order chi connectivity index (χ0) is 9.97. The summed E-state index contributed by atoms with van der Waals surface area (Å²) in [6, 6.07) is 8.23. The molecule has 1 aromatic carbocycles. The van der Waals surface area contributed by atoms with Gasteiger partial charge in [0.1, 0.15) is 6.29 Å². The summed E-state index contributed by atoms with van der Waals surface area (Å²) in [5, 5.41) is 1.21. The maximum atomic E-state index is 10.5. The molecule has 1 heterocycles. The zero-order valence-electron chi connectivity index (χ0n) is 8.16. The molecule has 2 aromatic rings. The normalized spacial score (nSPS) is 12.9. The van der Waals surface area contributed by atoms with Crippen molar-refractivity contribution in [2.24, 2.45) is 0 Å². The zero-order valence-corrected chi connectivity index (χ0v) is 8.16. The first-order valence-electron chi connectivity index (χ1n) is 4.82. The smallest absolute Gasteiger partial charge is 0.120 e. The summed E-state index contributed by atoms with van der Waals surface area (Å²) >= 11 is 0. The van der Waals surface area contributed by atoms with Crippen molar-refractivity contribution in [3.8, 4) is 0 Å². The van der Waals surface area contributed by atoms with Crippen molar-refractivity contribution in [3.63, 3.8) is 0 Å². The molecule has 2 rings (SSSR count). The number of aromatic amines is 1. The third-order valence-electron chi connectivity index (χ3n) is 2.60. The predicted molar refractivity (Wildman–Crippen MR) is 57.4 cm³/mol. The van der Waals surface area contributed by atoms with Gasteiger partial charge in [-0.2, -0.15) is 0 Å². The number of benzene rings is 1. The van der Waals surface area contributed by atoms with E-state index in [4.69, 9.17) is 0 Å². The first kappa shape index (κ1) is 9.00. The summed E-state index contributed by atoms with van der Waals surface area (Å²) < 4.78 is 0. The van der Waals surface area contributed by atoms with Gasteiger partial charge in [0.15, 0.2) is 0 Å². The van der Waals surface area contributed by atoms with E-state index >= 15 is 0 Å². The van der Waals surface area contributed by atoms with Crippen LogP contribution >= 0.6 is 0 Å². The summed E-state index contributed by atoms with van der Waals surface area (Å²) in [4.78, 5) is 13.7. The van der Waals surface area contributed by atoms with Crippen molar-refractivity contribution in [2.75, 3.05) is 0 Å². The summed E-state index contributed by atoms with van der Waals surface area (Å²) in [5.41, 5.74) is 2.38. The quantitative estimate of drug-likeness (QED) is 0.736. The lowest BCUT2D eigenvalue weighted by atomic mass is 9.96. The Bertz CT molecular complexity index is 444. The molecule has 0 amide bonds. The van der Waals surface area contributed by atoms with E-state index in [-0.39, 0.29) is 5.92 Å². The minimum atomic E-state index is 0.287. The lowest BCUT2D eigenvalue weighted by Crippen LogP contribution is -1.95. The molecule has 1 unspecified atom stereocenters. The molecular formula is C12H13NO. The summed E-state index contributed by atoms with van der Waals surface area (Å²) in [7, 11) is 0. The molecule has 0 bridgehead atoms. The van der Waals surface area contributed by atoms with Crippen LogP contribution in [0.4, 0.5) is 0 Å². The highest BCUT2D eigenvalue weighted by molar-refractivity contribution is 5.83. The molecule has 0 saturated heterocycles. The molecule has 2 nitrogen and oxygen atoms in total. The van der Waals surface area contributed by atoms with Gasteiger partial charge in [0.25, 0.3) is 0 Å². The molecule has 2 heteroatoms. The number of nitrogens with one attached hydrogen (secondary N) is 1. The maximum Gasteiger partial charge on any atom is 0.120 e. The topological polar surface area (TPSA) is 32.9 Å². The molecule has 0 aliphatic heterocycles. The van der Waals surface area contributed by atoms with Gasteiger partial charge in [-0.05, 0) is 22.9 Å². The molecule has 1 atom stereocenters. The van der Waals surface area contributed by atoms with Crippen molar-refractivity contribution in [2.45, 2.75) is 19.3 Å². The Balaban J connectivity index is 2.50. The van der Waals surface area contributed by atoms with E-state index in [1.807, 2.05) is 18.3 Å². The highest BCUT2D eigenvalue weighted by Crippen LogP contribution is 2.25. The Morgan fingerprint density at radius 3 is 3.07 bits per heavy atom. The number of hydrogen-bond donors (Lipinski definition) is 1. The van der Waals surface area contributed by atoms with Crippen LogP contribution in [0.15, 0.2) is 30.5 Å². The average Bonchev–Trinajstić information content (AvgIpc) is 2.65. The number of para-hydroxylation sites is 1. The fraction of sp³-hybridized carbons (Fsp3) is 0.250. The van der Waals surface area contributed by atoms with E-state index in [9.17, 15) is 4.79 Å². The standard InChI is InChI=1S/C12H13NO/c1-9(6-8-14)11-4-2-3-10-5-7-13-12(10)11/h2-5,7-9,13H,6H2,1H3. The van der Waals surface area contributed by atoms with Crippen LogP contribution in [-0.4, -0.2) is 11.3 Å². The Hall–Kier alpha value is -1.57. The molecule has 0 aliphatic rings. The number of hydrogen-bond acceptors (Lipinski definition) is 1. The Morgan fingerprint density at radius 2 is 2.29 bits per heavy atom. The molecule has 1 aromatic heterocycles. The van der Waals surface area contributed by atoms with Gasteiger partial charge >= 0.3 is 0 Å². The average molecular weight is 187 g/mol. The molecule has 0 saturated carbocycles. The lowest BCUT2D eigenvalue weighted by Gasteiger charge is -2.09. The minimum absolute atomic E-state index is 0.287. The molecule has 0 fully saturated rings. The third kappa shape index (κ3) is 1.43. The summed E-state index contributed by atoms with van der Waals surface area (Å²) in [6.45, 7) is 2.07. The summed E-state index contributed by atoms with van der Waals surface area (Å²) in [5.74, 6) is 0.287. The van der Waals surface area contributed by atoms with Gasteiger partial charge in [0.2, 0.25) is 0 Å². The second kappa shape index (κ2) is 3.66. The molecule has 14 heavy (non-hydrogen) atoms. The van der Waals surface area contributed by atoms with Crippen LogP contribution in [0.3, 0.4) is 0 Å². The number of rotatable bonds is 3. The summed E-state index contributed by atoms with van der Waals surface area (Å²) in [6.07, 6.45) is 3.49. The van der Waals surface area contributed by atoms with E-state index in [0.29, 0.717) is 6.42 Å². The first-order chi connectivity index (χ1) is 6.83. The second-order valence-corrected chi connectivity index (χ2v) is 3.59. The van der Waals surface area contributed by atoms with Crippen LogP contribution in [0.25, 0.3) is 10.9 Å². The van der Waals surface area contributed by atoms with Crippen LogP contribution in [0.1, 0.15) is 24.8 Å². The Kier molecular flexibility index (Phi) is 2.35. The van der Waals surface area contributed by atoms with E-state index in [1.165, 1.54) is 10.9 Å². The third-order valence-corrected chi connectivity index (χ3v) is 2.60. The van der Waals surface area contributed by atoms with Gasteiger partial charge in [-0.25, -0.2) is 0 Å². The number of fused-ring (bicyclic) bond motifs is 1. The van der Waals surface area contributed by atoms with Gasteiger partial charge in [-0.3, -0.25) is 0 Å². The van der Waals surface area contributed by atoms with Crippen LogP contribution in [0.2, 0.25) is 0 Å². The fourth-order valence-electron chi connectivity index (χ4n) is 1.79. The Morgan fingerprint density at radius 1 is 1.43 bits per heavy atom. The molecule has 0 aliphatic carbocycles. The second-order valence-electron chi connectivity index (χ2n) is 3.59. The first-order valence-corrected chi connectivity index (χ1v) is 4.82. The lowest BCUT2D eigenvalue weighted by molar-refractivity contribution is -0.108. The molecule has 0 spiro atoms. The molecule has 0 radical (unpaired) electrons. The highest BCUT2D eigenvalue weighted by atomic mass is 16.1. The van der Waals surface area contributed by atoms with E-state index in [1.54, 1.807) is 0 Å². The van der Waals surface area contributed by atoms with Crippen molar-refractivity contribution in [1.29, 1.82) is 0 Å². The van der Waals surface area contributed by atoms with Gasteiger partial charge < -0.3 is 9.78 Å². The monoisotopic (exact) mass is 187 g/mol. The molecule has 72 valence electrons. The van der Waals surface area contributed by atoms with Crippen LogP contribution in [0, 0.1) is 0 Å². The maximum absolute atomic E-state index is 10.5. The SMILES string of the molecule is CC(CC=O)c1cccc2cc[nH]c12. The van der Waals surface area contributed by atoms with E-state index in [0.717, 1.165) is 11.8 Å². The Labute approximate surface area is 82.9 Å². The van der Waals surface area contributed by atoms with Crippen LogP contribution < -0.4 is 0 Å². The van der Waals surface area contributed by atoms with Gasteiger partial charge in [-0.15, -0.1) is 0 Å². The van der Waals surface area contributed by atoms with Crippen molar-refractivity contribution >= 4 is 17.2 Å². The van der Waals surface area contributed by atoms with E-state index < -0.39 is 0 Å². The number of carbonyl (C=O) groups is 1. The molecular weight excluding hydrogens is 174 g/mol. The van der Waals surface area contributed by atoms with Crippen molar-refractivity contribution in [3.05, 3.63) is 36.0 Å². The number of aromatic nitrogens is 1. The van der Waals surface area contributed by atoms with Gasteiger partial charge in [0, 0.05) is 18.1 Å². The number of aldehydes is 1. The number of carbonyl (C=O) groups excluding carboxylic acids is 1. The van der Waals surface area contributed by atoms with Gasteiger partial charge in [0.05, 0.1) is 0 Å². The van der Waals surface area contributed by atoms with Gasteiger partial charge in [-0.1, -0.05) is 25.1 Å². The van der Waals surface area contributed by atoms with Crippen LogP contribution in [-0.2, 0) is 4.79 Å². The number of H-pyrrole nitrogens is 1. The highest BCUT2D eigenvalue weighted by Gasteiger charge is 2.08.